The maximum absolute atomic E-state index is 13.3. The van der Waals surface area contributed by atoms with Crippen LogP contribution in [0, 0.1) is 5.82 Å². The van der Waals surface area contributed by atoms with E-state index in [1.54, 1.807) is 21.7 Å². The van der Waals surface area contributed by atoms with Crippen LogP contribution in [0.4, 0.5) is 4.39 Å². The minimum Gasteiger partial charge on any atom is -0.331 e. The first-order valence-electron chi connectivity index (χ1n) is 8.42. The van der Waals surface area contributed by atoms with Gasteiger partial charge in [-0.25, -0.2) is 14.1 Å². The Bertz CT molecular complexity index is 912. The van der Waals surface area contributed by atoms with E-state index >= 15 is 0 Å². The van der Waals surface area contributed by atoms with E-state index in [0.29, 0.717) is 18.1 Å². The summed E-state index contributed by atoms with van der Waals surface area (Å²) in [5, 5.41) is 9.66. The number of nitrogens with one attached hydrogen (secondary N) is 1. The fourth-order valence-electron chi connectivity index (χ4n) is 3.00. The molecule has 1 saturated heterocycles. The van der Waals surface area contributed by atoms with E-state index < -0.39 is 0 Å². The standard InChI is InChI=1S/C18H18FN5OS.ClH/c1-12-11-20-8-9-23(12)18(25)16-21-17(15-3-2-10-26-15)24(22-16)14-6-4-13(19)5-7-14;/h2-7,10,12,20H,8-9,11H2,1H3;1H. The average molecular weight is 408 g/mol. The van der Waals surface area contributed by atoms with Crippen molar-refractivity contribution in [2.24, 2.45) is 0 Å². The van der Waals surface area contributed by atoms with Crippen LogP contribution in [0.2, 0.25) is 0 Å². The summed E-state index contributed by atoms with van der Waals surface area (Å²) >= 11 is 1.52. The summed E-state index contributed by atoms with van der Waals surface area (Å²) in [6, 6.07) is 9.93. The van der Waals surface area contributed by atoms with Crippen molar-refractivity contribution in [3.05, 3.63) is 53.4 Å². The number of carbonyl (C=O) groups is 1. The highest BCUT2D eigenvalue weighted by atomic mass is 35.5. The lowest BCUT2D eigenvalue weighted by Gasteiger charge is -2.33. The van der Waals surface area contributed by atoms with Gasteiger partial charge in [-0.3, -0.25) is 4.79 Å². The molecule has 1 N–H and O–H groups in total. The molecule has 1 aliphatic rings. The molecule has 0 aliphatic carbocycles. The van der Waals surface area contributed by atoms with Crippen molar-refractivity contribution in [1.82, 2.24) is 25.0 Å². The van der Waals surface area contributed by atoms with Gasteiger partial charge in [-0.05, 0) is 42.6 Å². The van der Waals surface area contributed by atoms with Gasteiger partial charge in [-0.15, -0.1) is 28.8 Å². The third-order valence-corrected chi connectivity index (χ3v) is 5.24. The lowest BCUT2D eigenvalue weighted by atomic mass is 10.2. The first-order chi connectivity index (χ1) is 12.6. The Labute approximate surface area is 166 Å². The normalized spacial score (nSPS) is 16.8. The van der Waals surface area contributed by atoms with Crippen LogP contribution >= 0.6 is 23.7 Å². The molecule has 1 atom stereocenters. The Kier molecular flexibility index (Phi) is 5.88. The summed E-state index contributed by atoms with van der Waals surface area (Å²) in [5.74, 6) is 0.236. The number of thiophene rings is 1. The number of hydrogen-bond donors (Lipinski definition) is 1. The highest BCUT2D eigenvalue weighted by Crippen LogP contribution is 2.26. The lowest BCUT2D eigenvalue weighted by molar-refractivity contribution is 0.0643. The second-order valence-electron chi connectivity index (χ2n) is 6.18. The van der Waals surface area contributed by atoms with Crippen molar-refractivity contribution in [2.45, 2.75) is 13.0 Å². The number of hydrogen-bond acceptors (Lipinski definition) is 5. The zero-order valence-electron chi connectivity index (χ0n) is 14.6. The van der Waals surface area contributed by atoms with Crippen molar-refractivity contribution < 1.29 is 9.18 Å². The molecule has 1 unspecified atom stereocenters. The van der Waals surface area contributed by atoms with Gasteiger partial charge >= 0.3 is 0 Å². The molecule has 1 amide bonds. The summed E-state index contributed by atoms with van der Waals surface area (Å²) in [5.41, 5.74) is 0.662. The molecule has 1 aromatic carbocycles. The molecule has 27 heavy (non-hydrogen) atoms. The molecule has 0 spiro atoms. The second-order valence-corrected chi connectivity index (χ2v) is 7.12. The van der Waals surface area contributed by atoms with Crippen LogP contribution in [0.15, 0.2) is 41.8 Å². The van der Waals surface area contributed by atoms with E-state index in [4.69, 9.17) is 0 Å². The summed E-state index contributed by atoms with van der Waals surface area (Å²) in [7, 11) is 0. The molecule has 3 heterocycles. The molecule has 6 nitrogen and oxygen atoms in total. The van der Waals surface area contributed by atoms with Gasteiger partial charge in [0.05, 0.1) is 10.6 Å². The number of rotatable bonds is 3. The molecular formula is C18H19ClFN5OS. The molecule has 0 saturated carbocycles. The highest BCUT2D eigenvalue weighted by Gasteiger charge is 2.28. The smallest absolute Gasteiger partial charge is 0.293 e. The number of carbonyl (C=O) groups excluding carboxylic acids is 1. The highest BCUT2D eigenvalue weighted by molar-refractivity contribution is 7.13. The van der Waals surface area contributed by atoms with Gasteiger partial charge in [0.2, 0.25) is 5.82 Å². The fourth-order valence-corrected chi connectivity index (χ4v) is 3.70. The number of nitrogens with zero attached hydrogens (tertiary/aromatic N) is 4. The van der Waals surface area contributed by atoms with Crippen molar-refractivity contribution >= 4 is 29.7 Å². The van der Waals surface area contributed by atoms with Crippen LogP contribution in [0.5, 0.6) is 0 Å². The van der Waals surface area contributed by atoms with Crippen molar-refractivity contribution in [1.29, 1.82) is 0 Å². The molecule has 0 bridgehead atoms. The van der Waals surface area contributed by atoms with Crippen LogP contribution in [0.3, 0.4) is 0 Å². The van der Waals surface area contributed by atoms with Gasteiger partial charge < -0.3 is 10.2 Å². The van der Waals surface area contributed by atoms with Gasteiger partial charge in [-0.1, -0.05) is 6.07 Å². The summed E-state index contributed by atoms with van der Waals surface area (Å²) in [4.78, 5) is 20.1. The molecule has 2 aromatic heterocycles. The van der Waals surface area contributed by atoms with E-state index in [2.05, 4.69) is 15.4 Å². The molecule has 4 rings (SSSR count). The SMILES string of the molecule is CC1CNCCN1C(=O)c1nc(-c2cccs2)n(-c2ccc(F)cc2)n1.Cl. The first-order valence-corrected chi connectivity index (χ1v) is 9.30. The molecule has 1 aliphatic heterocycles. The van der Waals surface area contributed by atoms with Crippen LogP contribution in [-0.2, 0) is 0 Å². The van der Waals surface area contributed by atoms with Gasteiger partial charge in [0, 0.05) is 25.7 Å². The van der Waals surface area contributed by atoms with E-state index in [0.717, 1.165) is 18.0 Å². The monoisotopic (exact) mass is 407 g/mol. The molecule has 1 fully saturated rings. The summed E-state index contributed by atoms with van der Waals surface area (Å²) in [6.45, 7) is 4.13. The Hall–Kier alpha value is -2.29. The first kappa shape index (κ1) is 19.5. The summed E-state index contributed by atoms with van der Waals surface area (Å²) in [6.07, 6.45) is 0. The zero-order valence-corrected chi connectivity index (χ0v) is 16.3. The Morgan fingerprint density at radius 3 is 2.74 bits per heavy atom. The number of aromatic nitrogens is 3. The Morgan fingerprint density at radius 2 is 2.07 bits per heavy atom. The number of halogens is 2. The van der Waals surface area contributed by atoms with Gasteiger partial charge in [-0.2, -0.15) is 0 Å². The maximum Gasteiger partial charge on any atom is 0.293 e. The Balaban J connectivity index is 0.00000210. The molecular weight excluding hydrogens is 389 g/mol. The predicted molar refractivity (Wildman–Crippen MR) is 105 cm³/mol. The maximum atomic E-state index is 13.3. The van der Waals surface area contributed by atoms with E-state index in [1.165, 1.54) is 23.5 Å². The number of amides is 1. The van der Waals surface area contributed by atoms with Gasteiger partial charge in [0.25, 0.3) is 5.91 Å². The zero-order chi connectivity index (χ0) is 18.1. The third kappa shape index (κ3) is 3.87. The van der Waals surface area contributed by atoms with E-state index in [1.807, 2.05) is 24.4 Å². The van der Waals surface area contributed by atoms with Crippen molar-refractivity contribution in [3.63, 3.8) is 0 Å². The number of piperazine rings is 1. The van der Waals surface area contributed by atoms with E-state index in [9.17, 15) is 9.18 Å². The predicted octanol–water partition coefficient (Wildman–Crippen LogP) is 2.99. The molecule has 3 aromatic rings. The molecule has 9 heteroatoms. The second kappa shape index (κ2) is 8.16. The minimum absolute atomic E-state index is 0. The average Bonchev–Trinajstić information content (AvgIpc) is 3.32. The molecule has 142 valence electrons. The Morgan fingerprint density at radius 1 is 1.30 bits per heavy atom. The third-order valence-electron chi connectivity index (χ3n) is 4.37. The van der Waals surface area contributed by atoms with Crippen LogP contribution in [0.25, 0.3) is 16.4 Å². The minimum atomic E-state index is -0.322. The van der Waals surface area contributed by atoms with Crippen molar-refractivity contribution in [2.75, 3.05) is 19.6 Å². The van der Waals surface area contributed by atoms with Gasteiger partial charge in [0.1, 0.15) is 5.82 Å². The largest absolute Gasteiger partial charge is 0.331 e. The lowest BCUT2D eigenvalue weighted by Crippen LogP contribution is -2.52. The van der Waals surface area contributed by atoms with Crippen LogP contribution < -0.4 is 5.32 Å². The quantitative estimate of drug-likeness (QED) is 0.725. The number of benzene rings is 1. The van der Waals surface area contributed by atoms with Crippen LogP contribution in [0.1, 0.15) is 17.5 Å². The fraction of sp³-hybridized carbons (Fsp3) is 0.278. The van der Waals surface area contributed by atoms with Gasteiger partial charge in [0.15, 0.2) is 5.82 Å². The topological polar surface area (TPSA) is 63.1 Å². The summed E-state index contributed by atoms with van der Waals surface area (Å²) < 4.78 is 14.9. The van der Waals surface area contributed by atoms with E-state index in [-0.39, 0.29) is 36.0 Å². The van der Waals surface area contributed by atoms with Crippen LogP contribution in [-0.4, -0.2) is 51.2 Å². The molecule has 0 radical (unpaired) electrons. The van der Waals surface area contributed by atoms with Crippen molar-refractivity contribution in [3.8, 4) is 16.4 Å².